The minimum Gasteiger partial charge on any atom is -0.491 e. The maximum absolute atomic E-state index is 13.9. The van der Waals surface area contributed by atoms with Crippen molar-refractivity contribution in [3.63, 3.8) is 0 Å². The van der Waals surface area contributed by atoms with Gasteiger partial charge in [0.15, 0.2) is 17.4 Å². The summed E-state index contributed by atoms with van der Waals surface area (Å²) >= 11 is 0. The predicted molar refractivity (Wildman–Crippen MR) is 90.9 cm³/mol. The fourth-order valence-electron chi connectivity index (χ4n) is 2.34. The van der Waals surface area contributed by atoms with Crippen LogP contribution in [0.1, 0.15) is 12.5 Å². The molecule has 1 aromatic carbocycles. The first-order valence-electron chi connectivity index (χ1n) is 7.73. The number of hydrogen-bond acceptors (Lipinski definition) is 6. The highest BCUT2D eigenvalue weighted by molar-refractivity contribution is 5.56. The summed E-state index contributed by atoms with van der Waals surface area (Å²) in [5, 5.41) is 4.44. The van der Waals surface area contributed by atoms with E-state index in [1.165, 1.54) is 19.4 Å². The summed E-state index contributed by atoms with van der Waals surface area (Å²) in [6.07, 6.45) is 1.48. The molecule has 0 aliphatic carbocycles. The lowest BCUT2D eigenvalue weighted by Gasteiger charge is -2.08. The first-order valence-corrected chi connectivity index (χ1v) is 7.73. The van der Waals surface area contributed by atoms with Gasteiger partial charge < -0.3 is 15.2 Å². The van der Waals surface area contributed by atoms with Gasteiger partial charge in [-0.15, -0.1) is 0 Å². The Morgan fingerprint density at radius 1 is 1.28 bits per heavy atom. The van der Waals surface area contributed by atoms with Gasteiger partial charge in [0.1, 0.15) is 11.5 Å². The third-order valence-electron chi connectivity index (χ3n) is 3.55. The highest BCUT2D eigenvalue weighted by atomic mass is 19.1. The maximum Gasteiger partial charge on any atom is 0.212 e. The molecule has 0 atom stereocenters. The van der Waals surface area contributed by atoms with E-state index < -0.39 is 0 Å². The van der Waals surface area contributed by atoms with Crippen LogP contribution in [0.25, 0.3) is 11.5 Å². The van der Waals surface area contributed by atoms with E-state index in [-0.39, 0.29) is 18.2 Å². The lowest BCUT2D eigenvalue weighted by atomic mass is 10.2. The van der Waals surface area contributed by atoms with E-state index in [1.54, 1.807) is 28.9 Å². The van der Waals surface area contributed by atoms with E-state index >= 15 is 0 Å². The fraction of sp³-hybridized carbons (Fsp3) is 0.235. The van der Waals surface area contributed by atoms with Gasteiger partial charge in [0, 0.05) is 11.6 Å². The number of hydrogen-bond donors (Lipinski definition) is 1. The summed E-state index contributed by atoms with van der Waals surface area (Å²) in [5.74, 6) is 1.14. The average Bonchev–Trinajstić information content (AvgIpc) is 3.00. The monoisotopic (exact) mass is 343 g/mol. The van der Waals surface area contributed by atoms with Crippen LogP contribution in [0.4, 0.5) is 10.2 Å². The Morgan fingerprint density at radius 2 is 2.08 bits per heavy atom. The van der Waals surface area contributed by atoms with Crippen molar-refractivity contribution in [3.05, 3.63) is 47.9 Å². The summed E-state index contributed by atoms with van der Waals surface area (Å²) in [6, 6.07) is 8.23. The predicted octanol–water partition coefficient (Wildman–Crippen LogP) is 2.52. The molecule has 2 heterocycles. The van der Waals surface area contributed by atoms with Gasteiger partial charge in [-0.05, 0) is 13.0 Å². The van der Waals surface area contributed by atoms with E-state index in [0.717, 1.165) is 0 Å². The quantitative estimate of drug-likeness (QED) is 0.740. The first-order chi connectivity index (χ1) is 12.1. The van der Waals surface area contributed by atoms with Gasteiger partial charge in [-0.3, -0.25) is 0 Å². The smallest absolute Gasteiger partial charge is 0.212 e. The molecular formula is C17H18FN5O2. The molecule has 0 radical (unpaired) electrons. The van der Waals surface area contributed by atoms with Gasteiger partial charge in [0.2, 0.25) is 5.88 Å². The topological polar surface area (TPSA) is 88.1 Å². The van der Waals surface area contributed by atoms with Gasteiger partial charge in [0.25, 0.3) is 0 Å². The highest BCUT2D eigenvalue weighted by Gasteiger charge is 2.15. The van der Waals surface area contributed by atoms with Crippen molar-refractivity contribution in [2.45, 2.75) is 13.5 Å². The minimum absolute atomic E-state index is 0.217. The minimum atomic E-state index is -0.299. The van der Waals surface area contributed by atoms with E-state index in [2.05, 4.69) is 15.1 Å². The number of aromatic nitrogens is 4. The molecule has 3 aromatic rings. The maximum atomic E-state index is 13.9. The van der Waals surface area contributed by atoms with Crippen LogP contribution in [0.2, 0.25) is 0 Å². The number of benzene rings is 1. The van der Waals surface area contributed by atoms with Crippen LogP contribution in [0.15, 0.2) is 36.5 Å². The number of ether oxygens (including phenoxy) is 2. The molecule has 0 amide bonds. The molecule has 0 aliphatic rings. The lowest BCUT2D eigenvalue weighted by molar-refractivity contribution is 0.304. The van der Waals surface area contributed by atoms with Crippen molar-refractivity contribution in [1.82, 2.24) is 19.7 Å². The zero-order chi connectivity index (χ0) is 17.8. The number of anilines is 1. The van der Waals surface area contributed by atoms with Gasteiger partial charge in [-0.25, -0.2) is 19.0 Å². The summed E-state index contributed by atoms with van der Waals surface area (Å²) in [6.45, 7) is 2.55. The van der Waals surface area contributed by atoms with Crippen LogP contribution >= 0.6 is 0 Å². The standard InChI is InChI=1S/C17H18FN5O2/c1-3-25-15-8-13(17-20-9-14(24-2)16(19)21-17)22-23(15)10-11-6-4-5-7-12(11)18/h4-9H,3,10H2,1-2H3,(H2,19,20,21). The number of nitrogen functional groups attached to an aromatic ring is 1. The van der Waals surface area contributed by atoms with Gasteiger partial charge >= 0.3 is 0 Å². The number of nitrogens with two attached hydrogens (primary N) is 1. The van der Waals surface area contributed by atoms with Crippen LogP contribution in [0, 0.1) is 5.82 Å². The summed E-state index contributed by atoms with van der Waals surface area (Å²) in [7, 11) is 1.49. The largest absolute Gasteiger partial charge is 0.491 e. The van der Waals surface area contributed by atoms with Crippen molar-refractivity contribution >= 4 is 5.82 Å². The Kier molecular flexibility index (Phi) is 4.78. The average molecular weight is 343 g/mol. The van der Waals surface area contributed by atoms with Crippen molar-refractivity contribution in [2.24, 2.45) is 0 Å². The second-order valence-electron chi connectivity index (χ2n) is 5.20. The molecule has 0 bridgehead atoms. The number of rotatable bonds is 6. The number of methoxy groups -OCH3 is 1. The van der Waals surface area contributed by atoms with Crippen molar-refractivity contribution in [3.8, 4) is 23.1 Å². The molecule has 130 valence electrons. The van der Waals surface area contributed by atoms with E-state index in [9.17, 15) is 4.39 Å². The molecular weight excluding hydrogens is 325 g/mol. The summed E-state index contributed by atoms with van der Waals surface area (Å²) < 4.78 is 26.1. The van der Waals surface area contributed by atoms with Crippen molar-refractivity contribution in [2.75, 3.05) is 19.5 Å². The molecule has 3 rings (SSSR count). The molecule has 0 fully saturated rings. The lowest BCUT2D eigenvalue weighted by Crippen LogP contribution is -2.07. The van der Waals surface area contributed by atoms with E-state index in [0.29, 0.717) is 35.3 Å². The Bertz CT molecular complexity index is 881. The zero-order valence-electron chi connectivity index (χ0n) is 13.9. The van der Waals surface area contributed by atoms with Crippen LogP contribution in [-0.2, 0) is 6.54 Å². The van der Waals surface area contributed by atoms with Crippen LogP contribution < -0.4 is 15.2 Å². The number of nitrogens with zero attached hydrogens (tertiary/aromatic N) is 4. The van der Waals surface area contributed by atoms with Crippen LogP contribution in [0.5, 0.6) is 11.6 Å². The Hall–Kier alpha value is -3.16. The van der Waals surface area contributed by atoms with Crippen LogP contribution in [-0.4, -0.2) is 33.5 Å². The molecule has 2 aromatic heterocycles. The Balaban J connectivity index is 1.97. The molecule has 7 nitrogen and oxygen atoms in total. The number of halogens is 1. The molecule has 0 unspecified atom stereocenters. The van der Waals surface area contributed by atoms with Crippen LogP contribution in [0.3, 0.4) is 0 Å². The molecule has 2 N–H and O–H groups in total. The third-order valence-corrected chi connectivity index (χ3v) is 3.55. The van der Waals surface area contributed by atoms with Crippen molar-refractivity contribution in [1.29, 1.82) is 0 Å². The highest BCUT2D eigenvalue weighted by Crippen LogP contribution is 2.25. The molecule has 0 aliphatic heterocycles. The molecule has 0 spiro atoms. The van der Waals surface area contributed by atoms with Gasteiger partial charge in [-0.2, -0.15) is 5.10 Å². The fourth-order valence-corrected chi connectivity index (χ4v) is 2.34. The molecule has 8 heteroatoms. The first kappa shape index (κ1) is 16.7. The normalized spacial score (nSPS) is 10.7. The zero-order valence-corrected chi connectivity index (χ0v) is 13.9. The Labute approximate surface area is 144 Å². The third kappa shape index (κ3) is 3.52. The summed E-state index contributed by atoms with van der Waals surface area (Å²) in [5.41, 5.74) is 6.81. The second-order valence-corrected chi connectivity index (χ2v) is 5.20. The molecule has 0 saturated carbocycles. The van der Waals surface area contributed by atoms with Crippen molar-refractivity contribution < 1.29 is 13.9 Å². The van der Waals surface area contributed by atoms with E-state index in [1.807, 2.05) is 6.92 Å². The second kappa shape index (κ2) is 7.16. The summed E-state index contributed by atoms with van der Waals surface area (Å²) in [4.78, 5) is 8.39. The van der Waals surface area contributed by atoms with Gasteiger partial charge in [0.05, 0.1) is 26.5 Å². The van der Waals surface area contributed by atoms with E-state index in [4.69, 9.17) is 15.2 Å². The molecule has 0 saturated heterocycles. The SMILES string of the molecule is CCOc1cc(-c2ncc(OC)c(N)n2)nn1Cc1ccccc1F. The molecule has 25 heavy (non-hydrogen) atoms. The van der Waals surface area contributed by atoms with Gasteiger partial charge in [-0.1, -0.05) is 18.2 Å². The Morgan fingerprint density at radius 3 is 2.76 bits per heavy atom.